The van der Waals surface area contributed by atoms with Crippen LogP contribution in [0.4, 0.5) is 4.39 Å². The Hall–Kier alpha value is -1.58. The molecular formula is C14H18FNO2. The van der Waals surface area contributed by atoms with E-state index >= 15 is 0 Å². The van der Waals surface area contributed by atoms with Crippen molar-refractivity contribution in [2.75, 3.05) is 7.11 Å². The highest BCUT2D eigenvalue weighted by Gasteiger charge is 2.32. The Balaban J connectivity index is 2.13. The summed E-state index contributed by atoms with van der Waals surface area (Å²) in [5.41, 5.74) is 0.546. The molecule has 1 fully saturated rings. The number of amides is 1. The minimum atomic E-state index is -0.316. The molecule has 4 heteroatoms. The van der Waals surface area contributed by atoms with Gasteiger partial charge < -0.3 is 9.64 Å². The second-order valence-electron chi connectivity index (χ2n) is 4.56. The lowest BCUT2D eigenvalue weighted by Gasteiger charge is -2.22. The van der Waals surface area contributed by atoms with Crippen LogP contribution in [0.3, 0.4) is 0 Å². The summed E-state index contributed by atoms with van der Waals surface area (Å²) in [6, 6.07) is 5.07. The standard InChI is InChI=1S/C14H18FNO2/c1-3-14(17)16(11-5-6-11)9-10-4-7-12(18-2)8-13(10)15/h4,7-8,11H,3,5-6,9H2,1-2H3. The molecule has 1 aromatic rings. The monoisotopic (exact) mass is 251 g/mol. The van der Waals surface area contributed by atoms with Crippen molar-refractivity contribution in [3.05, 3.63) is 29.6 Å². The average Bonchev–Trinajstić information content (AvgIpc) is 3.20. The van der Waals surface area contributed by atoms with Crippen molar-refractivity contribution in [1.82, 2.24) is 4.90 Å². The molecule has 0 unspecified atom stereocenters. The third kappa shape index (κ3) is 2.81. The highest BCUT2D eigenvalue weighted by atomic mass is 19.1. The zero-order valence-electron chi connectivity index (χ0n) is 10.8. The van der Waals surface area contributed by atoms with Crippen LogP contribution in [0.2, 0.25) is 0 Å². The van der Waals surface area contributed by atoms with Crippen molar-refractivity contribution < 1.29 is 13.9 Å². The molecule has 0 atom stereocenters. The number of hydrogen-bond acceptors (Lipinski definition) is 2. The minimum absolute atomic E-state index is 0.0905. The quantitative estimate of drug-likeness (QED) is 0.805. The van der Waals surface area contributed by atoms with Crippen molar-refractivity contribution in [3.63, 3.8) is 0 Å². The summed E-state index contributed by atoms with van der Waals surface area (Å²) in [5, 5.41) is 0. The molecule has 1 saturated carbocycles. The second-order valence-corrected chi connectivity index (χ2v) is 4.56. The minimum Gasteiger partial charge on any atom is -0.497 e. The highest BCUT2D eigenvalue weighted by Crippen LogP contribution is 2.29. The number of methoxy groups -OCH3 is 1. The number of halogens is 1. The lowest BCUT2D eigenvalue weighted by Crippen LogP contribution is -2.32. The summed E-state index contributed by atoms with van der Waals surface area (Å²) in [6.07, 6.45) is 2.53. The summed E-state index contributed by atoms with van der Waals surface area (Å²) < 4.78 is 18.8. The van der Waals surface area contributed by atoms with E-state index in [1.54, 1.807) is 17.0 Å². The Bertz CT molecular complexity index is 443. The summed E-state index contributed by atoms with van der Waals surface area (Å²) >= 11 is 0. The molecule has 3 nitrogen and oxygen atoms in total. The van der Waals surface area contributed by atoms with Gasteiger partial charge in [-0.3, -0.25) is 4.79 Å². The molecule has 0 N–H and O–H groups in total. The first kappa shape index (κ1) is 12.9. The summed E-state index contributed by atoms with van der Waals surface area (Å²) in [5.74, 6) is 0.271. The first-order valence-corrected chi connectivity index (χ1v) is 6.27. The molecule has 98 valence electrons. The van der Waals surface area contributed by atoms with Crippen LogP contribution in [0.5, 0.6) is 5.75 Å². The van der Waals surface area contributed by atoms with E-state index in [0.717, 1.165) is 12.8 Å². The second kappa shape index (κ2) is 5.38. The Kier molecular flexibility index (Phi) is 3.84. The van der Waals surface area contributed by atoms with Crippen molar-refractivity contribution >= 4 is 5.91 Å². The molecule has 1 aromatic carbocycles. The van der Waals surface area contributed by atoms with Gasteiger partial charge in [-0.15, -0.1) is 0 Å². The normalized spacial score (nSPS) is 14.4. The zero-order valence-corrected chi connectivity index (χ0v) is 10.8. The predicted molar refractivity (Wildman–Crippen MR) is 66.8 cm³/mol. The maximum Gasteiger partial charge on any atom is 0.222 e. The van der Waals surface area contributed by atoms with E-state index in [9.17, 15) is 9.18 Å². The van der Waals surface area contributed by atoms with Crippen LogP contribution >= 0.6 is 0 Å². The Morgan fingerprint density at radius 1 is 1.50 bits per heavy atom. The number of rotatable bonds is 5. The summed E-state index contributed by atoms with van der Waals surface area (Å²) in [7, 11) is 1.51. The number of nitrogens with zero attached hydrogens (tertiary/aromatic N) is 1. The van der Waals surface area contributed by atoms with Crippen molar-refractivity contribution in [1.29, 1.82) is 0 Å². The van der Waals surface area contributed by atoms with Crippen LogP contribution in [-0.4, -0.2) is 24.0 Å². The van der Waals surface area contributed by atoms with Gasteiger partial charge >= 0.3 is 0 Å². The van der Waals surface area contributed by atoms with Crippen LogP contribution in [0.25, 0.3) is 0 Å². The van der Waals surface area contributed by atoms with Gasteiger partial charge in [0.2, 0.25) is 5.91 Å². The van der Waals surface area contributed by atoms with E-state index in [4.69, 9.17) is 4.74 Å². The van der Waals surface area contributed by atoms with Crippen LogP contribution < -0.4 is 4.74 Å². The van der Waals surface area contributed by atoms with Gasteiger partial charge in [-0.2, -0.15) is 0 Å². The van der Waals surface area contributed by atoms with Gasteiger partial charge in [0.05, 0.1) is 7.11 Å². The van der Waals surface area contributed by atoms with Crippen LogP contribution in [0.1, 0.15) is 31.7 Å². The van der Waals surface area contributed by atoms with Gasteiger partial charge in [-0.25, -0.2) is 4.39 Å². The van der Waals surface area contributed by atoms with Crippen molar-refractivity contribution in [3.8, 4) is 5.75 Å². The fourth-order valence-corrected chi connectivity index (χ4v) is 1.98. The third-order valence-corrected chi connectivity index (χ3v) is 3.21. The summed E-state index contributed by atoms with van der Waals surface area (Å²) in [4.78, 5) is 13.6. The Labute approximate surface area is 107 Å². The van der Waals surface area contributed by atoms with E-state index in [-0.39, 0.29) is 11.7 Å². The van der Waals surface area contributed by atoms with Gasteiger partial charge in [0, 0.05) is 30.6 Å². The zero-order chi connectivity index (χ0) is 13.1. The largest absolute Gasteiger partial charge is 0.497 e. The van der Waals surface area contributed by atoms with Crippen LogP contribution in [0, 0.1) is 5.82 Å². The smallest absolute Gasteiger partial charge is 0.222 e. The molecule has 0 heterocycles. The summed E-state index contributed by atoms with van der Waals surface area (Å²) in [6.45, 7) is 2.19. The van der Waals surface area contributed by atoms with E-state index in [1.807, 2.05) is 6.92 Å². The third-order valence-electron chi connectivity index (χ3n) is 3.21. The number of hydrogen-bond donors (Lipinski definition) is 0. The topological polar surface area (TPSA) is 29.5 Å². The average molecular weight is 251 g/mol. The van der Waals surface area contributed by atoms with E-state index in [1.165, 1.54) is 13.2 Å². The van der Waals surface area contributed by atoms with Gasteiger partial charge in [0.15, 0.2) is 0 Å². The first-order valence-electron chi connectivity index (χ1n) is 6.27. The molecule has 1 amide bonds. The fourth-order valence-electron chi connectivity index (χ4n) is 1.98. The molecule has 0 radical (unpaired) electrons. The van der Waals surface area contributed by atoms with Crippen LogP contribution in [-0.2, 0) is 11.3 Å². The van der Waals surface area contributed by atoms with Crippen molar-refractivity contribution in [2.24, 2.45) is 0 Å². The first-order chi connectivity index (χ1) is 8.65. The number of carbonyl (C=O) groups is 1. The molecule has 1 aliphatic carbocycles. The Morgan fingerprint density at radius 3 is 2.72 bits per heavy atom. The number of ether oxygens (including phenoxy) is 1. The number of carbonyl (C=O) groups excluding carboxylic acids is 1. The molecule has 0 bridgehead atoms. The van der Waals surface area contributed by atoms with Gasteiger partial charge in [-0.1, -0.05) is 13.0 Å². The van der Waals surface area contributed by atoms with Crippen molar-refractivity contribution in [2.45, 2.75) is 38.8 Å². The Morgan fingerprint density at radius 2 is 2.22 bits per heavy atom. The maximum absolute atomic E-state index is 13.8. The molecule has 1 aliphatic rings. The molecule has 0 aromatic heterocycles. The highest BCUT2D eigenvalue weighted by molar-refractivity contribution is 5.76. The van der Waals surface area contributed by atoms with E-state index in [2.05, 4.69) is 0 Å². The molecule has 0 saturated heterocycles. The van der Waals surface area contributed by atoms with Gasteiger partial charge in [0.25, 0.3) is 0 Å². The van der Waals surface area contributed by atoms with Crippen LogP contribution in [0.15, 0.2) is 18.2 Å². The molecular weight excluding hydrogens is 233 g/mol. The molecule has 18 heavy (non-hydrogen) atoms. The lowest BCUT2D eigenvalue weighted by atomic mass is 10.1. The van der Waals surface area contributed by atoms with Gasteiger partial charge in [-0.05, 0) is 18.9 Å². The van der Waals surface area contributed by atoms with E-state index < -0.39 is 0 Å². The fraction of sp³-hybridized carbons (Fsp3) is 0.500. The SMILES string of the molecule is CCC(=O)N(Cc1ccc(OC)cc1F)C1CC1. The molecule has 0 aliphatic heterocycles. The predicted octanol–water partition coefficient (Wildman–Crippen LogP) is 2.74. The maximum atomic E-state index is 13.8. The lowest BCUT2D eigenvalue weighted by molar-refractivity contribution is -0.132. The molecule has 0 spiro atoms. The number of benzene rings is 1. The molecule has 2 rings (SSSR count). The van der Waals surface area contributed by atoms with Gasteiger partial charge in [0.1, 0.15) is 11.6 Å². The van der Waals surface area contributed by atoms with E-state index in [0.29, 0.717) is 30.3 Å².